The fraction of sp³-hybridized carbons (Fsp3) is 0.667. The predicted octanol–water partition coefficient (Wildman–Crippen LogP) is 4.46. The van der Waals surface area contributed by atoms with Gasteiger partial charge in [-0.25, -0.2) is 4.39 Å². The third-order valence-corrected chi connectivity index (χ3v) is 5.75. The fourth-order valence-corrected chi connectivity index (χ4v) is 4.20. The molecular formula is C18H27ClFNO. The minimum absolute atomic E-state index is 0.0119. The van der Waals surface area contributed by atoms with E-state index in [9.17, 15) is 9.50 Å². The van der Waals surface area contributed by atoms with Gasteiger partial charge >= 0.3 is 0 Å². The first-order chi connectivity index (χ1) is 10.3. The minimum atomic E-state index is -0.954. The minimum Gasteiger partial charge on any atom is -0.389 e. The molecule has 1 aromatic rings. The van der Waals surface area contributed by atoms with Gasteiger partial charge in [0.1, 0.15) is 5.82 Å². The van der Waals surface area contributed by atoms with Gasteiger partial charge in [0.15, 0.2) is 0 Å². The SMILES string of the molecule is CCC(N)(CC)[C@@H]1CCCC[C@@]1(O)Cc1cc(Cl)ccc1F. The average Bonchev–Trinajstić information content (AvgIpc) is 2.50. The van der Waals surface area contributed by atoms with Crippen molar-refractivity contribution < 1.29 is 9.50 Å². The van der Waals surface area contributed by atoms with Crippen molar-refractivity contribution in [1.82, 2.24) is 0 Å². The molecule has 0 radical (unpaired) electrons. The summed E-state index contributed by atoms with van der Waals surface area (Å²) in [4.78, 5) is 0. The van der Waals surface area contributed by atoms with Crippen molar-refractivity contribution in [2.75, 3.05) is 0 Å². The second-order valence-electron chi connectivity index (χ2n) is 6.75. The average molecular weight is 328 g/mol. The number of hydrogen-bond acceptors (Lipinski definition) is 2. The van der Waals surface area contributed by atoms with E-state index in [0.717, 1.165) is 32.1 Å². The van der Waals surface area contributed by atoms with Crippen LogP contribution < -0.4 is 5.73 Å². The molecule has 22 heavy (non-hydrogen) atoms. The molecule has 0 aliphatic heterocycles. The molecule has 1 saturated carbocycles. The highest BCUT2D eigenvalue weighted by molar-refractivity contribution is 6.30. The van der Waals surface area contributed by atoms with Crippen molar-refractivity contribution >= 4 is 11.6 Å². The van der Waals surface area contributed by atoms with Crippen LogP contribution in [0.25, 0.3) is 0 Å². The van der Waals surface area contributed by atoms with Gasteiger partial charge in [0, 0.05) is 22.9 Å². The van der Waals surface area contributed by atoms with Gasteiger partial charge in [0.25, 0.3) is 0 Å². The summed E-state index contributed by atoms with van der Waals surface area (Å²) in [7, 11) is 0. The zero-order valence-electron chi connectivity index (χ0n) is 13.5. The summed E-state index contributed by atoms with van der Waals surface area (Å²) in [6, 6.07) is 4.53. The van der Waals surface area contributed by atoms with Crippen LogP contribution in [0.1, 0.15) is 57.9 Å². The molecular weight excluding hydrogens is 301 g/mol. The van der Waals surface area contributed by atoms with E-state index < -0.39 is 11.1 Å². The maximum absolute atomic E-state index is 14.1. The molecule has 124 valence electrons. The second-order valence-corrected chi connectivity index (χ2v) is 7.19. The molecule has 4 heteroatoms. The summed E-state index contributed by atoms with van der Waals surface area (Å²) in [6.45, 7) is 4.14. The number of aliphatic hydroxyl groups is 1. The van der Waals surface area contributed by atoms with Crippen LogP contribution in [-0.2, 0) is 6.42 Å². The van der Waals surface area contributed by atoms with Gasteiger partial charge in [-0.2, -0.15) is 0 Å². The summed E-state index contributed by atoms with van der Waals surface area (Å²) in [5, 5.41) is 11.8. The van der Waals surface area contributed by atoms with E-state index >= 15 is 0 Å². The van der Waals surface area contributed by atoms with E-state index in [-0.39, 0.29) is 18.2 Å². The Morgan fingerprint density at radius 2 is 2.05 bits per heavy atom. The first kappa shape index (κ1) is 17.7. The van der Waals surface area contributed by atoms with Gasteiger partial charge in [-0.1, -0.05) is 38.3 Å². The van der Waals surface area contributed by atoms with E-state index in [4.69, 9.17) is 17.3 Å². The molecule has 2 atom stereocenters. The highest BCUT2D eigenvalue weighted by Crippen LogP contribution is 2.44. The van der Waals surface area contributed by atoms with E-state index in [1.165, 1.54) is 12.1 Å². The van der Waals surface area contributed by atoms with Crippen molar-refractivity contribution in [2.24, 2.45) is 11.7 Å². The van der Waals surface area contributed by atoms with E-state index in [0.29, 0.717) is 17.0 Å². The lowest BCUT2D eigenvalue weighted by molar-refractivity contribution is -0.0804. The Morgan fingerprint density at radius 1 is 1.36 bits per heavy atom. The zero-order chi connectivity index (χ0) is 16.4. The van der Waals surface area contributed by atoms with Crippen molar-refractivity contribution in [3.8, 4) is 0 Å². The standard InChI is InChI=1S/C18H27ClFNO/c1-3-17(21,4-2)16-7-5-6-10-18(16,22)12-13-11-14(19)8-9-15(13)20/h8-9,11,16,22H,3-7,10,12,21H2,1-2H3/t16-,18+/m0/s1. The van der Waals surface area contributed by atoms with Crippen molar-refractivity contribution in [2.45, 2.75) is 69.9 Å². The number of halogens is 2. The topological polar surface area (TPSA) is 46.2 Å². The Labute approximate surface area is 137 Å². The van der Waals surface area contributed by atoms with Crippen molar-refractivity contribution in [1.29, 1.82) is 0 Å². The maximum Gasteiger partial charge on any atom is 0.126 e. The number of benzene rings is 1. The number of nitrogens with two attached hydrogens (primary N) is 1. The van der Waals surface area contributed by atoms with Crippen LogP contribution >= 0.6 is 11.6 Å². The third-order valence-electron chi connectivity index (χ3n) is 5.52. The van der Waals surface area contributed by atoms with Gasteiger partial charge in [-0.05, 0) is 49.4 Å². The summed E-state index contributed by atoms with van der Waals surface area (Å²) in [6.07, 6.45) is 5.51. The molecule has 0 heterocycles. The van der Waals surface area contributed by atoms with Crippen LogP contribution in [0.4, 0.5) is 4.39 Å². The summed E-state index contributed by atoms with van der Waals surface area (Å²) >= 11 is 5.99. The molecule has 1 aliphatic rings. The largest absolute Gasteiger partial charge is 0.389 e. The molecule has 0 aromatic heterocycles. The molecule has 0 saturated heterocycles. The van der Waals surface area contributed by atoms with Crippen LogP contribution in [0.5, 0.6) is 0 Å². The Hall–Kier alpha value is -0.640. The molecule has 0 spiro atoms. The van der Waals surface area contributed by atoms with Crippen LogP contribution in [0.15, 0.2) is 18.2 Å². The van der Waals surface area contributed by atoms with Crippen LogP contribution in [-0.4, -0.2) is 16.2 Å². The highest BCUT2D eigenvalue weighted by Gasteiger charge is 2.47. The number of hydrogen-bond donors (Lipinski definition) is 2. The highest BCUT2D eigenvalue weighted by atomic mass is 35.5. The van der Waals surface area contributed by atoms with Crippen molar-refractivity contribution in [3.63, 3.8) is 0 Å². The lowest BCUT2D eigenvalue weighted by Crippen LogP contribution is -2.58. The molecule has 0 unspecified atom stereocenters. The first-order valence-electron chi connectivity index (χ1n) is 8.30. The third kappa shape index (κ3) is 3.47. The Balaban J connectivity index is 2.33. The second kappa shape index (κ2) is 6.86. The van der Waals surface area contributed by atoms with Gasteiger partial charge in [0.2, 0.25) is 0 Å². The Morgan fingerprint density at radius 3 is 2.68 bits per heavy atom. The summed E-state index contributed by atoms with van der Waals surface area (Å²) in [5.41, 5.74) is 5.72. The molecule has 2 nitrogen and oxygen atoms in total. The zero-order valence-corrected chi connectivity index (χ0v) is 14.3. The molecule has 1 fully saturated rings. The molecule has 1 aliphatic carbocycles. The first-order valence-corrected chi connectivity index (χ1v) is 8.67. The van der Waals surface area contributed by atoms with E-state index in [2.05, 4.69) is 13.8 Å². The van der Waals surface area contributed by atoms with Gasteiger partial charge in [-0.15, -0.1) is 0 Å². The summed E-state index contributed by atoms with van der Waals surface area (Å²) in [5.74, 6) is -0.320. The quantitative estimate of drug-likeness (QED) is 0.838. The predicted molar refractivity (Wildman–Crippen MR) is 89.5 cm³/mol. The Kier molecular flexibility index (Phi) is 5.52. The van der Waals surface area contributed by atoms with E-state index in [1.807, 2.05) is 0 Å². The van der Waals surface area contributed by atoms with Gasteiger partial charge in [-0.3, -0.25) is 0 Å². The molecule has 0 bridgehead atoms. The monoisotopic (exact) mass is 327 g/mol. The molecule has 2 rings (SSSR count). The fourth-order valence-electron chi connectivity index (χ4n) is 4.01. The van der Waals surface area contributed by atoms with Crippen LogP contribution in [0, 0.1) is 11.7 Å². The van der Waals surface area contributed by atoms with Gasteiger partial charge < -0.3 is 10.8 Å². The molecule has 0 amide bonds. The maximum atomic E-state index is 14.1. The van der Waals surface area contributed by atoms with Crippen LogP contribution in [0.2, 0.25) is 5.02 Å². The van der Waals surface area contributed by atoms with Crippen molar-refractivity contribution in [3.05, 3.63) is 34.6 Å². The molecule has 1 aromatic carbocycles. The lowest BCUT2D eigenvalue weighted by atomic mass is 9.62. The number of rotatable bonds is 5. The van der Waals surface area contributed by atoms with E-state index in [1.54, 1.807) is 6.07 Å². The normalized spacial score (nSPS) is 26.2. The summed E-state index contributed by atoms with van der Waals surface area (Å²) < 4.78 is 14.1. The Bertz CT molecular complexity index is 518. The smallest absolute Gasteiger partial charge is 0.126 e. The van der Waals surface area contributed by atoms with Crippen LogP contribution in [0.3, 0.4) is 0 Å². The van der Waals surface area contributed by atoms with Gasteiger partial charge in [0.05, 0.1) is 5.60 Å². The lowest BCUT2D eigenvalue weighted by Gasteiger charge is -2.49. The molecule has 3 N–H and O–H groups in total.